The number of aromatic hydroxyl groups is 1. The van der Waals surface area contributed by atoms with Crippen LogP contribution in [0.4, 0.5) is 10.1 Å². The van der Waals surface area contributed by atoms with Crippen LogP contribution in [-0.4, -0.2) is 16.3 Å². The van der Waals surface area contributed by atoms with Gasteiger partial charge in [-0.25, -0.2) is 4.39 Å². The lowest BCUT2D eigenvalue weighted by atomic mass is 10.0. The molecule has 4 rings (SSSR count). The van der Waals surface area contributed by atoms with E-state index in [4.69, 9.17) is 4.74 Å². The number of benzene rings is 3. The molecule has 3 aromatic carbocycles. The third-order valence-electron chi connectivity index (χ3n) is 5.32. The van der Waals surface area contributed by atoms with Gasteiger partial charge in [0.25, 0.3) is 5.69 Å². The van der Waals surface area contributed by atoms with Gasteiger partial charge >= 0.3 is 0 Å². The van der Waals surface area contributed by atoms with Crippen molar-refractivity contribution in [3.8, 4) is 28.4 Å². The number of hydrogen-bond acceptors (Lipinski definition) is 5. The summed E-state index contributed by atoms with van der Waals surface area (Å²) in [6.45, 7) is 1.74. The molecule has 0 heterocycles. The van der Waals surface area contributed by atoms with Crippen LogP contribution < -0.4 is 4.74 Å². The third kappa shape index (κ3) is 3.39. The highest BCUT2D eigenvalue weighted by molar-refractivity contribution is 5.87. The second-order valence-electron chi connectivity index (χ2n) is 7.24. The monoisotopic (exact) mass is 407 g/mol. The Balaban J connectivity index is 1.82. The van der Waals surface area contributed by atoms with Crippen molar-refractivity contribution in [3.63, 3.8) is 0 Å². The Bertz CT molecular complexity index is 1170. The van der Waals surface area contributed by atoms with E-state index in [0.717, 1.165) is 12.0 Å². The van der Waals surface area contributed by atoms with Crippen molar-refractivity contribution in [3.05, 3.63) is 80.6 Å². The van der Waals surface area contributed by atoms with Crippen molar-refractivity contribution in [2.24, 2.45) is 0 Å². The average molecular weight is 407 g/mol. The number of hydrogen-bond donors (Lipinski definition) is 1. The maximum absolute atomic E-state index is 13.3. The van der Waals surface area contributed by atoms with E-state index in [2.05, 4.69) is 0 Å². The summed E-state index contributed by atoms with van der Waals surface area (Å²) in [6.07, 6.45) is 2.59. The number of rotatable bonds is 5. The molecule has 0 amide bonds. The first-order valence-corrected chi connectivity index (χ1v) is 9.44. The van der Waals surface area contributed by atoms with Crippen molar-refractivity contribution >= 4 is 12.0 Å². The molecule has 1 N–H and O–H groups in total. The van der Waals surface area contributed by atoms with E-state index >= 15 is 0 Å². The van der Waals surface area contributed by atoms with Crippen LogP contribution in [0.15, 0.2) is 42.5 Å². The second-order valence-corrected chi connectivity index (χ2v) is 7.24. The summed E-state index contributed by atoms with van der Waals surface area (Å²) in [6, 6.07) is 10.00. The molecular weight excluding hydrogens is 389 g/mol. The SMILES string of the molecule is Cc1cc([N+](=O)[O-])c2c(c1Oc1cc(C=O)c(O)c(-c3ccc(F)cc3)c1)CCC2. The van der Waals surface area contributed by atoms with E-state index in [-0.39, 0.29) is 21.9 Å². The van der Waals surface area contributed by atoms with E-state index in [0.29, 0.717) is 52.9 Å². The predicted octanol–water partition coefficient (Wildman–Crippen LogP) is 5.51. The molecule has 0 aromatic heterocycles. The fourth-order valence-corrected chi connectivity index (χ4v) is 3.92. The van der Waals surface area contributed by atoms with Gasteiger partial charge in [-0.1, -0.05) is 12.1 Å². The van der Waals surface area contributed by atoms with Crippen LogP contribution in [0.25, 0.3) is 11.1 Å². The number of nitro benzene ring substituents is 1. The van der Waals surface area contributed by atoms with Crippen LogP contribution in [0.5, 0.6) is 17.2 Å². The fraction of sp³-hybridized carbons (Fsp3) is 0.174. The first-order chi connectivity index (χ1) is 14.4. The molecule has 30 heavy (non-hydrogen) atoms. The molecule has 0 aliphatic heterocycles. The molecule has 3 aromatic rings. The van der Waals surface area contributed by atoms with E-state index < -0.39 is 5.82 Å². The Morgan fingerprint density at radius 2 is 1.83 bits per heavy atom. The number of nitrogens with zero attached hydrogens (tertiary/aromatic N) is 1. The van der Waals surface area contributed by atoms with Gasteiger partial charge in [-0.15, -0.1) is 0 Å². The number of carbonyl (C=O) groups excluding carboxylic acids is 1. The highest BCUT2D eigenvalue weighted by Crippen LogP contribution is 2.43. The highest BCUT2D eigenvalue weighted by Gasteiger charge is 2.28. The molecule has 0 saturated carbocycles. The van der Waals surface area contributed by atoms with Crippen molar-refractivity contribution in [1.29, 1.82) is 0 Å². The van der Waals surface area contributed by atoms with Gasteiger partial charge in [0.1, 0.15) is 23.1 Å². The van der Waals surface area contributed by atoms with Gasteiger partial charge in [-0.05, 0) is 61.6 Å². The Kier molecular flexibility index (Phi) is 4.95. The molecule has 152 valence electrons. The Morgan fingerprint density at radius 3 is 2.50 bits per heavy atom. The quantitative estimate of drug-likeness (QED) is 0.342. The summed E-state index contributed by atoms with van der Waals surface area (Å²) >= 11 is 0. The van der Waals surface area contributed by atoms with E-state index in [1.807, 2.05) is 0 Å². The van der Waals surface area contributed by atoms with Gasteiger partial charge in [0.15, 0.2) is 6.29 Å². The lowest BCUT2D eigenvalue weighted by Crippen LogP contribution is -2.00. The van der Waals surface area contributed by atoms with Crippen LogP contribution in [0.1, 0.15) is 33.5 Å². The number of halogens is 1. The largest absolute Gasteiger partial charge is 0.507 e. The van der Waals surface area contributed by atoms with Gasteiger partial charge in [0, 0.05) is 22.8 Å². The Labute approximate surface area is 171 Å². The lowest BCUT2D eigenvalue weighted by Gasteiger charge is -2.16. The summed E-state index contributed by atoms with van der Waals surface area (Å²) < 4.78 is 19.4. The Hall–Kier alpha value is -3.74. The topological polar surface area (TPSA) is 89.7 Å². The highest BCUT2D eigenvalue weighted by atomic mass is 19.1. The summed E-state index contributed by atoms with van der Waals surface area (Å²) in [4.78, 5) is 22.5. The molecule has 0 radical (unpaired) electrons. The molecule has 7 heteroatoms. The van der Waals surface area contributed by atoms with Crippen molar-refractivity contribution in [1.82, 2.24) is 0 Å². The maximum Gasteiger partial charge on any atom is 0.273 e. The van der Waals surface area contributed by atoms with Gasteiger partial charge in [0.2, 0.25) is 0 Å². The minimum atomic E-state index is -0.418. The normalized spacial score (nSPS) is 12.5. The zero-order valence-electron chi connectivity index (χ0n) is 16.1. The third-order valence-corrected chi connectivity index (χ3v) is 5.32. The molecule has 0 spiro atoms. The molecule has 0 atom stereocenters. The van der Waals surface area contributed by atoms with Gasteiger partial charge in [-0.2, -0.15) is 0 Å². The molecule has 6 nitrogen and oxygen atoms in total. The van der Waals surface area contributed by atoms with E-state index in [1.54, 1.807) is 13.0 Å². The number of aldehydes is 1. The van der Waals surface area contributed by atoms with Crippen LogP contribution >= 0.6 is 0 Å². The molecule has 1 aliphatic carbocycles. The summed E-state index contributed by atoms with van der Waals surface area (Å²) in [5, 5.41) is 21.9. The van der Waals surface area contributed by atoms with Crippen molar-refractivity contribution in [2.75, 3.05) is 0 Å². The van der Waals surface area contributed by atoms with Crippen LogP contribution in [-0.2, 0) is 12.8 Å². The first-order valence-electron chi connectivity index (χ1n) is 9.44. The zero-order chi connectivity index (χ0) is 21.4. The van der Waals surface area contributed by atoms with Gasteiger partial charge in [0.05, 0.1) is 10.5 Å². The van der Waals surface area contributed by atoms with Crippen molar-refractivity contribution < 1.29 is 24.0 Å². The minimum Gasteiger partial charge on any atom is -0.507 e. The maximum atomic E-state index is 13.3. The number of fused-ring (bicyclic) bond motifs is 1. The van der Waals surface area contributed by atoms with Gasteiger partial charge in [-0.3, -0.25) is 14.9 Å². The average Bonchev–Trinajstić information content (AvgIpc) is 3.21. The molecular formula is C23H18FNO5. The number of ether oxygens (including phenoxy) is 1. The standard InChI is InChI=1S/C23H18FNO5/c1-13-9-21(25(28)29)18-3-2-4-19(18)23(13)30-17-10-15(12-26)22(27)20(11-17)14-5-7-16(24)8-6-14/h5-12,27H,2-4H2,1H3. The number of phenols is 1. The minimum absolute atomic E-state index is 0.0306. The lowest BCUT2D eigenvalue weighted by molar-refractivity contribution is -0.385. The zero-order valence-corrected chi connectivity index (χ0v) is 16.1. The summed E-state index contributed by atoms with van der Waals surface area (Å²) in [7, 11) is 0. The predicted molar refractivity (Wildman–Crippen MR) is 109 cm³/mol. The molecule has 0 unspecified atom stereocenters. The summed E-state index contributed by atoms with van der Waals surface area (Å²) in [5.74, 6) is 0.189. The van der Waals surface area contributed by atoms with Crippen LogP contribution in [0, 0.1) is 22.9 Å². The number of carbonyl (C=O) groups is 1. The number of nitro groups is 1. The number of aryl methyl sites for hydroxylation is 1. The number of phenolic OH excluding ortho intramolecular Hbond substituents is 1. The summed E-state index contributed by atoms with van der Waals surface area (Å²) in [5.41, 5.74) is 3.06. The van der Waals surface area contributed by atoms with Gasteiger partial charge < -0.3 is 9.84 Å². The van der Waals surface area contributed by atoms with Crippen LogP contribution in [0.3, 0.4) is 0 Å². The molecule has 0 fully saturated rings. The molecule has 0 saturated heterocycles. The fourth-order valence-electron chi connectivity index (χ4n) is 3.92. The van der Waals surface area contributed by atoms with Crippen molar-refractivity contribution in [2.45, 2.75) is 26.2 Å². The van der Waals surface area contributed by atoms with Crippen LogP contribution in [0.2, 0.25) is 0 Å². The Morgan fingerprint density at radius 1 is 1.13 bits per heavy atom. The molecule has 1 aliphatic rings. The van der Waals surface area contributed by atoms with E-state index in [1.165, 1.54) is 36.4 Å². The second kappa shape index (κ2) is 7.59. The van der Waals surface area contributed by atoms with E-state index in [9.17, 15) is 24.4 Å². The smallest absolute Gasteiger partial charge is 0.273 e. The first kappa shape index (κ1) is 19.6. The molecule has 0 bridgehead atoms.